The average molecular weight is 320 g/mol. The van der Waals surface area contributed by atoms with Gasteiger partial charge in [-0.3, -0.25) is 10.1 Å². The first-order valence-electron chi connectivity index (χ1n) is 8.19. The Morgan fingerprint density at radius 3 is 2.57 bits per heavy atom. The maximum absolute atomic E-state index is 12.2. The number of quaternary nitrogens is 1. The van der Waals surface area contributed by atoms with Crippen LogP contribution < -0.4 is 15.0 Å². The fourth-order valence-electron chi connectivity index (χ4n) is 2.61. The summed E-state index contributed by atoms with van der Waals surface area (Å²) in [6.45, 7) is 6.43. The van der Waals surface area contributed by atoms with Crippen LogP contribution in [0.3, 0.4) is 0 Å². The van der Waals surface area contributed by atoms with Gasteiger partial charge in [0.1, 0.15) is 5.75 Å². The number of aliphatic imine (C=N–C) groups is 1. The van der Waals surface area contributed by atoms with Crippen LogP contribution >= 0.6 is 0 Å². The molecule has 6 heteroatoms. The van der Waals surface area contributed by atoms with Crippen LogP contribution in [0.5, 0.6) is 5.75 Å². The molecule has 1 fully saturated rings. The van der Waals surface area contributed by atoms with Crippen molar-refractivity contribution in [3.05, 3.63) is 29.8 Å². The molecule has 1 aliphatic rings. The van der Waals surface area contributed by atoms with E-state index in [9.17, 15) is 4.79 Å². The van der Waals surface area contributed by atoms with E-state index in [1.807, 2.05) is 6.92 Å². The number of carbonyl (C=O) groups is 1. The van der Waals surface area contributed by atoms with E-state index < -0.39 is 0 Å². The quantitative estimate of drug-likeness (QED) is 0.592. The summed E-state index contributed by atoms with van der Waals surface area (Å²) >= 11 is 0. The van der Waals surface area contributed by atoms with Crippen molar-refractivity contribution in [1.82, 2.24) is 5.32 Å². The highest BCUT2D eigenvalue weighted by molar-refractivity contribution is 6.04. The molecule has 23 heavy (non-hydrogen) atoms. The zero-order valence-corrected chi connectivity index (χ0v) is 13.9. The molecule has 0 aromatic heterocycles. The predicted octanol–water partition coefficient (Wildman–Crippen LogP) is 0.496. The van der Waals surface area contributed by atoms with E-state index in [0.717, 1.165) is 6.54 Å². The number of hydrogen-bond acceptors (Lipinski definition) is 4. The molecular formula is C17H26N3O3+. The second-order valence-electron chi connectivity index (χ2n) is 5.51. The van der Waals surface area contributed by atoms with E-state index in [1.54, 1.807) is 36.3 Å². The fraction of sp³-hybridized carbons (Fsp3) is 0.529. The molecule has 1 aromatic rings. The minimum Gasteiger partial charge on any atom is -0.497 e. The van der Waals surface area contributed by atoms with Gasteiger partial charge in [-0.2, -0.15) is 0 Å². The number of amidine groups is 1. The molecule has 2 rings (SSSR count). The Hall–Kier alpha value is -2.08. The van der Waals surface area contributed by atoms with Crippen LogP contribution in [0, 0.1) is 0 Å². The molecule has 0 radical (unpaired) electrons. The zero-order valence-electron chi connectivity index (χ0n) is 13.9. The molecule has 2 N–H and O–H groups in total. The molecular weight excluding hydrogens is 294 g/mol. The van der Waals surface area contributed by atoms with Crippen molar-refractivity contribution in [1.29, 1.82) is 0 Å². The van der Waals surface area contributed by atoms with Crippen LogP contribution in [0.2, 0.25) is 0 Å². The van der Waals surface area contributed by atoms with Crippen molar-refractivity contribution in [2.75, 3.05) is 39.9 Å². The van der Waals surface area contributed by atoms with Gasteiger partial charge >= 0.3 is 0 Å². The smallest absolute Gasteiger partial charge is 0.291 e. The molecule has 1 saturated heterocycles. The summed E-state index contributed by atoms with van der Waals surface area (Å²) in [4.78, 5) is 18.2. The fourth-order valence-corrected chi connectivity index (χ4v) is 2.61. The van der Waals surface area contributed by atoms with E-state index in [-0.39, 0.29) is 5.91 Å². The molecule has 1 aromatic carbocycles. The van der Waals surface area contributed by atoms with Crippen molar-refractivity contribution < 1.29 is 19.2 Å². The maximum atomic E-state index is 12.2. The average Bonchev–Trinajstić information content (AvgIpc) is 3.08. The van der Waals surface area contributed by atoms with E-state index in [0.29, 0.717) is 30.5 Å². The lowest BCUT2D eigenvalue weighted by Gasteiger charge is -2.12. The largest absolute Gasteiger partial charge is 0.497 e. The lowest BCUT2D eigenvalue weighted by Crippen LogP contribution is -3.10. The normalized spacial score (nSPS) is 15.5. The number of benzene rings is 1. The lowest BCUT2D eigenvalue weighted by atomic mass is 10.2. The first kappa shape index (κ1) is 17.3. The molecule has 1 heterocycles. The van der Waals surface area contributed by atoms with Crippen LogP contribution in [0.25, 0.3) is 0 Å². The van der Waals surface area contributed by atoms with Gasteiger partial charge in [0, 0.05) is 18.4 Å². The highest BCUT2D eigenvalue weighted by atomic mass is 16.5. The van der Waals surface area contributed by atoms with Gasteiger partial charge < -0.3 is 14.4 Å². The van der Waals surface area contributed by atoms with Gasteiger partial charge in [-0.15, -0.1) is 0 Å². The first-order valence-corrected chi connectivity index (χ1v) is 8.19. The third-order valence-corrected chi connectivity index (χ3v) is 3.89. The van der Waals surface area contributed by atoms with Crippen molar-refractivity contribution in [2.45, 2.75) is 19.8 Å². The number of amides is 1. The summed E-state index contributed by atoms with van der Waals surface area (Å²) in [6, 6.07) is 7.23. The van der Waals surface area contributed by atoms with Gasteiger partial charge in [0.05, 0.1) is 39.9 Å². The van der Waals surface area contributed by atoms with E-state index in [2.05, 4.69) is 10.3 Å². The number of nitrogens with zero attached hydrogens (tertiary/aromatic N) is 1. The summed E-state index contributed by atoms with van der Waals surface area (Å²) in [6.07, 6.45) is 2.59. The van der Waals surface area contributed by atoms with Gasteiger partial charge in [-0.1, -0.05) is 0 Å². The number of likely N-dealkylation sites (tertiary alicyclic amines) is 1. The Kier molecular flexibility index (Phi) is 6.87. The maximum Gasteiger partial charge on any atom is 0.291 e. The second kappa shape index (κ2) is 9.15. The van der Waals surface area contributed by atoms with Gasteiger partial charge in [0.25, 0.3) is 11.9 Å². The third kappa shape index (κ3) is 5.56. The minimum atomic E-state index is -0.228. The van der Waals surface area contributed by atoms with E-state index in [1.165, 1.54) is 25.9 Å². The second-order valence-corrected chi connectivity index (χ2v) is 5.51. The number of nitrogens with one attached hydrogen (secondary N) is 2. The molecule has 0 atom stereocenters. The van der Waals surface area contributed by atoms with E-state index >= 15 is 0 Å². The molecule has 6 nitrogen and oxygen atoms in total. The monoisotopic (exact) mass is 320 g/mol. The topological polar surface area (TPSA) is 64.4 Å². The highest BCUT2D eigenvalue weighted by Crippen LogP contribution is 2.11. The molecule has 0 unspecified atom stereocenters. The van der Waals surface area contributed by atoms with Gasteiger partial charge in [0.2, 0.25) is 0 Å². The van der Waals surface area contributed by atoms with Crippen molar-refractivity contribution in [3.8, 4) is 5.75 Å². The van der Waals surface area contributed by atoms with Crippen LogP contribution in [0.15, 0.2) is 29.3 Å². The molecule has 0 spiro atoms. The summed E-state index contributed by atoms with van der Waals surface area (Å²) in [7, 11) is 1.59. The van der Waals surface area contributed by atoms with Crippen LogP contribution in [-0.4, -0.2) is 51.8 Å². The molecule has 0 bridgehead atoms. The SMILES string of the molecule is CCOC(=NCC[NH+]1CCCC1)NC(=O)c1ccc(OC)cc1. The number of methoxy groups -OCH3 is 1. The lowest BCUT2D eigenvalue weighted by molar-refractivity contribution is -0.885. The van der Waals surface area contributed by atoms with Crippen LogP contribution in [-0.2, 0) is 4.74 Å². The molecule has 1 aliphatic heterocycles. The zero-order chi connectivity index (χ0) is 16.5. The summed E-state index contributed by atoms with van der Waals surface area (Å²) < 4.78 is 10.5. The van der Waals surface area contributed by atoms with Crippen LogP contribution in [0.1, 0.15) is 30.1 Å². The standard InChI is InChI=1S/C17H25N3O3/c1-3-23-17(18-10-13-20-11-4-5-12-20)19-16(21)14-6-8-15(22-2)9-7-14/h6-9H,3-5,10-13H2,1-2H3,(H,18,19,21)/p+1. The van der Waals surface area contributed by atoms with Gasteiger partial charge in [-0.05, 0) is 31.2 Å². The Labute approximate surface area is 137 Å². The number of rotatable bonds is 6. The van der Waals surface area contributed by atoms with Crippen molar-refractivity contribution in [2.24, 2.45) is 4.99 Å². The number of ether oxygens (including phenoxy) is 2. The van der Waals surface area contributed by atoms with Gasteiger partial charge in [0.15, 0.2) is 0 Å². The van der Waals surface area contributed by atoms with E-state index in [4.69, 9.17) is 9.47 Å². The van der Waals surface area contributed by atoms with Crippen LogP contribution in [0.4, 0.5) is 0 Å². The predicted molar refractivity (Wildman–Crippen MR) is 89.2 cm³/mol. The summed E-state index contributed by atoms with van der Waals surface area (Å²) in [5.74, 6) is 0.488. The summed E-state index contributed by atoms with van der Waals surface area (Å²) in [5, 5.41) is 2.74. The molecule has 1 amide bonds. The Morgan fingerprint density at radius 2 is 1.96 bits per heavy atom. The number of hydrogen-bond donors (Lipinski definition) is 2. The third-order valence-electron chi connectivity index (χ3n) is 3.89. The molecule has 0 aliphatic carbocycles. The molecule has 0 saturated carbocycles. The Morgan fingerprint density at radius 1 is 1.26 bits per heavy atom. The Bertz CT molecular complexity index is 522. The minimum absolute atomic E-state index is 0.228. The van der Waals surface area contributed by atoms with Crippen molar-refractivity contribution in [3.63, 3.8) is 0 Å². The first-order chi connectivity index (χ1) is 11.2. The highest BCUT2D eigenvalue weighted by Gasteiger charge is 2.15. The summed E-state index contributed by atoms with van der Waals surface area (Å²) in [5.41, 5.74) is 0.545. The van der Waals surface area contributed by atoms with Gasteiger partial charge in [-0.25, -0.2) is 4.99 Å². The number of carbonyl (C=O) groups excluding carboxylic acids is 1. The Balaban J connectivity index is 1.89. The van der Waals surface area contributed by atoms with Crippen molar-refractivity contribution >= 4 is 11.9 Å². The molecule has 126 valence electrons.